The number of aromatic nitrogens is 4. The first-order valence-electron chi connectivity index (χ1n) is 11.4. The summed E-state index contributed by atoms with van der Waals surface area (Å²) in [6, 6.07) is 10.4. The molecule has 0 radical (unpaired) electrons. The van der Waals surface area contributed by atoms with Gasteiger partial charge in [-0.15, -0.1) is 5.10 Å². The number of imide groups is 1. The maximum atomic E-state index is 12.9. The van der Waals surface area contributed by atoms with Gasteiger partial charge in [-0.2, -0.15) is 0 Å². The molecule has 10 nitrogen and oxygen atoms in total. The van der Waals surface area contributed by atoms with Crippen molar-refractivity contribution in [3.05, 3.63) is 53.7 Å². The summed E-state index contributed by atoms with van der Waals surface area (Å²) in [6.07, 6.45) is 5.90. The molecule has 1 aliphatic carbocycles. The lowest BCUT2D eigenvalue weighted by molar-refractivity contribution is -0.136. The Hall–Kier alpha value is -4.08. The Bertz CT molecular complexity index is 1310. The Morgan fingerprint density at radius 2 is 1.91 bits per heavy atom. The third-order valence-corrected chi connectivity index (χ3v) is 6.59. The maximum absolute atomic E-state index is 12.9. The van der Waals surface area contributed by atoms with Crippen LogP contribution in [0.4, 0.5) is 0 Å². The molecule has 10 heteroatoms. The zero-order chi connectivity index (χ0) is 23.2. The van der Waals surface area contributed by atoms with Crippen LogP contribution in [0.5, 0.6) is 5.88 Å². The van der Waals surface area contributed by atoms with Crippen LogP contribution < -0.4 is 10.1 Å². The number of carbonyl (C=O) groups is 3. The van der Waals surface area contributed by atoms with Gasteiger partial charge < -0.3 is 9.64 Å². The number of carbonyl (C=O) groups excluding carboxylic acids is 3. The third-order valence-electron chi connectivity index (χ3n) is 6.59. The molecular formula is C24H22N6O4. The Balaban J connectivity index is 1.22. The summed E-state index contributed by atoms with van der Waals surface area (Å²) in [5, 5.41) is 10.8. The normalized spacial score (nSPS) is 20.2. The van der Waals surface area contributed by atoms with Crippen molar-refractivity contribution in [2.45, 2.75) is 50.8 Å². The third kappa shape index (κ3) is 3.60. The largest absolute Gasteiger partial charge is 0.474 e. The first-order chi connectivity index (χ1) is 16.5. The van der Waals surface area contributed by atoms with E-state index in [1.54, 1.807) is 23.0 Å². The second kappa shape index (κ2) is 8.05. The van der Waals surface area contributed by atoms with E-state index in [1.807, 2.05) is 24.3 Å². The molecule has 0 bridgehead atoms. The molecular weight excluding hydrogens is 436 g/mol. The number of fused-ring (bicyclic) bond motifs is 1. The van der Waals surface area contributed by atoms with Crippen molar-refractivity contribution in [1.82, 2.24) is 30.2 Å². The van der Waals surface area contributed by atoms with E-state index in [9.17, 15) is 14.4 Å². The lowest BCUT2D eigenvalue weighted by Gasteiger charge is -2.29. The van der Waals surface area contributed by atoms with Gasteiger partial charge in [0, 0.05) is 24.6 Å². The first-order valence-corrected chi connectivity index (χ1v) is 11.4. The summed E-state index contributed by atoms with van der Waals surface area (Å²) >= 11 is 0. The quantitative estimate of drug-likeness (QED) is 0.581. The molecule has 3 aromatic rings. The molecule has 4 heterocycles. The van der Waals surface area contributed by atoms with Crippen molar-refractivity contribution in [2.24, 2.45) is 0 Å². The minimum absolute atomic E-state index is 0.206. The predicted octanol–water partition coefficient (Wildman–Crippen LogP) is 2.02. The van der Waals surface area contributed by atoms with E-state index in [0.29, 0.717) is 35.8 Å². The van der Waals surface area contributed by atoms with Crippen LogP contribution in [-0.4, -0.2) is 54.7 Å². The van der Waals surface area contributed by atoms with Crippen LogP contribution >= 0.6 is 0 Å². The highest BCUT2D eigenvalue weighted by Crippen LogP contribution is 2.30. The van der Waals surface area contributed by atoms with Crippen molar-refractivity contribution < 1.29 is 19.1 Å². The molecule has 1 saturated carbocycles. The number of nitrogens with one attached hydrogen (secondary N) is 1. The van der Waals surface area contributed by atoms with E-state index in [-0.39, 0.29) is 24.3 Å². The molecule has 2 fully saturated rings. The molecule has 172 valence electrons. The van der Waals surface area contributed by atoms with Gasteiger partial charge in [0.15, 0.2) is 0 Å². The second-order valence-corrected chi connectivity index (χ2v) is 8.82. The van der Waals surface area contributed by atoms with Gasteiger partial charge in [0.1, 0.15) is 17.8 Å². The van der Waals surface area contributed by atoms with Crippen molar-refractivity contribution in [1.29, 1.82) is 0 Å². The standard InChI is InChI=1S/C24H22N6O4/c31-21-10-9-20(23(32)26-21)29-12-14-11-15(7-8-17(14)24(29)33)30-13-19(27-28-30)18-5-2-6-22(25-18)34-16-3-1-4-16/h2,5-8,11,13,16,20H,1,3-4,9-10,12H2,(H,26,31,32). The minimum atomic E-state index is -0.639. The number of amides is 3. The summed E-state index contributed by atoms with van der Waals surface area (Å²) in [6.45, 7) is 0.304. The second-order valence-electron chi connectivity index (χ2n) is 8.82. The average Bonchev–Trinajstić information content (AvgIpc) is 3.42. The summed E-state index contributed by atoms with van der Waals surface area (Å²) in [4.78, 5) is 42.7. The zero-order valence-corrected chi connectivity index (χ0v) is 18.3. The van der Waals surface area contributed by atoms with Crippen LogP contribution in [0.2, 0.25) is 0 Å². The Labute approximate surface area is 194 Å². The van der Waals surface area contributed by atoms with Crippen LogP contribution in [0, 0.1) is 0 Å². The maximum Gasteiger partial charge on any atom is 0.255 e. The summed E-state index contributed by atoms with van der Waals surface area (Å²) < 4.78 is 7.52. The van der Waals surface area contributed by atoms with E-state index < -0.39 is 11.9 Å². The van der Waals surface area contributed by atoms with Gasteiger partial charge in [-0.05, 0) is 55.5 Å². The number of hydrogen-bond donors (Lipinski definition) is 1. The molecule has 0 spiro atoms. The topological polar surface area (TPSA) is 119 Å². The van der Waals surface area contributed by atoms with E-state index in [0.717, 1.165) is 24.1 Å². The van der Waals surface area contributed by atoms with Crippen LogP contribution in [0.25, 0.3) is 17.1 Å². The predicted molar refractivity (Wildman–Crippen MR) is 119 cm³/mol. The molecule has 1 atom stereocenters. The van der Waals surface area contributed by atoms with Crippen molar-refractivity contribution >= 4 is 17.7 Å². The monoisotopic (exact) mass is 458 g/mol. The van der Waals surface area contributed by atoms with Gasteiger partial charge in [-0.25, -0.2) is 9.67 Å². The first kappa shape index (κ1) is 20.5. The highest BCUT2D eigenvalue weighted by Gasteiger charge is 2.39. The molecule has 2 aromatic heterocycles. The van der Waals surface area contributed by atoms with Gasteiger partial charge >= 0.3 is 0 Å². The SMILES string of the molecule is O=C1CCC(N2Cc3cc(-n4cc(-c5cccc(OC6CCC6)n5)nn4)ccc3C2=O)C(=O)N1. The smallest absolute Gasteiger partial charge is 0.255 e. The lowest BCUT2D eigenvalue weighted by atomic mass is 9.96. The Kier molecular flexibility index (Phi) is 4.86. The Morgan fingerprint density at radius 1 is 1.03 bits per heavy atom. The van der Waals surface area contributed by atoms with Crippen molar-refractivity contribution in [3.63, 3.8) is 0 Å². The van der Waals surface area contributed by atoms with E-state index in [2.05, 4.69) is 20.6 Å². The fraction of sp³-hybridized carbons (Fsp3) is 0.333. The van der Waals surface area contributed by atoms with Gasteiger partial charge in [0.05, 0.1) is 17.6 Å². The highest BCUT2D eigenvalue weighted by molar-refractivity contribution is 6.05. The lowest BCUT2D eigenvalue weighted by Crippen LogP contribution is -2.52. The molecule has 3 amide bonds. The molecule has 1 N–H and O–H groups in total. The molecule has 2 aliphatic heterocycles. The fourth-order valence-corrected chi connectivity index (χ4v) is 4.49. The van der Waals surface area contributed by atoms with Crippen LogP contribution in [-0.2, 0) is 16.1 Å². The minimum Gasteiger partial charge on any atom is -0.474 e. The van der Waals surface area contributed by atoms with E-state index in [1.165, 1.54) is 11.3 Å². The number of ether oxygens (including phenoxy) is 1. The van der Waals surface area contributed by atoms with Crippen molar-refractivity contribution in [3.8, 4) is 23.0 Å². The van der Waals surface area contributed by atoms with E-state index in [4.69, 9.17) is 4.74 Å². The molecule has 1 saturated heterocycles. The molecule has 3 aliphatic rings. The van der Waals surface area contributed by atoms with Gasteiger partial charge in [-0.1, -0.05) is 11.3 Å². The highest BCUT2D eigenvalue weighted by atomic mass is 16.5. The molecule has 6 rings (SSSR count). The molecule has 1 unspecified atom stereocenters. The van der Waals surface area contributed by atoms with Crippen molar-refractivity contribution in [2.75, 3.05) is 0 Å². The number of piperidine rings is 1. The van der Waals surface area contributed by atoms with Crippen LogP contribution in [0.1, 0.15) is 48.0 Å². The molecule has 1 aromatic carbocycles. The average molecular weight is 458 g/mol. The fourth-order valence-electron chi connectivity index (χ4n) is 4.49. The summed E-state index contributed by atoms with van der Waals surface area (Å²) in [7, 11) is 0. The number of hydrogen-bond acceptors (Lipinski definition) is 7. The number of benzene rings is 1. The zero-order valence-electron chi connectivity index (χ0n) is 18.3. The Morgan fingerprint density at radius 3 is 2.71 bits per heavy atom. The van der Waals surface area contributed by atoms with Crippen LogP contribution in [0.15, 0.2) is 42.6 Å². The summed E-state index contributed by atoms with van der Waals surface area (Å²) in [5.41, 5.74) is 3.39. The van der Waals surface area contributed by atoms with Crippen LogP contribution in [0.3, 0.4) is 0 Å². The number of rotatable bonds is 5. The number of pyridine rings is 1. The summed E-state index contributed by atoms with van der Waals surface area (Å²) in [5.74, 6) is -0.344. The number of nitrogens with zero attached hydrogens (tertiary/aromatic N) is 5. The van der Waals surface area contributed by atoms with Gasteiger partial charge in [-0.3, -0.25) is 19.7 Å². The van der Waals surface area contributed by atoms with Gasteiger partial charge in [0.2, 0.25) is 17.7 Å². The molecule has 34 heavy (non-hydrogen) atoms. The van der Waals surface area contributed by atoms with E-state index >= 15 is 0 Å². The van der Waals surface area contributed by atoms with Gasteiger partial charge in [0.25, 0.3) is 5.91 Å².